The summed E-state index contributed by atoms with van der Waals surface area (Å²) in [5.41, 5.74) is 1.33. The van der Waals surface area contributed by atoms with Gasteiger partial charge < -0.3 is 15.0 Å². The average molecular weight is 322 g/mol. The van der Waals surface area contributed by atoms with Crippen LogP contribution in [0.1, 0.15) is 5.69 Å². The third kappa shape index (κ3) is 2.70. The second-order valence-electron chi connectivity index (χ2n) is 4.62. The van der Waals surface area contributed by atoms with Crippen LogP contribution < -0.4 is 5.32 Å². The zero-order valence-electron chi connectivity index (χ0n) is 11.6. The van der Waals surface area contributed by atoms with Crippen LogP contribution in [-0.2, 0) is 24.9 Å². The van der Waals surface area contributed by atoms with Crippen LogP contribution in [0.25, 0.3) is 11.0 Å². The number of rotatable bonds is 5. The van der Waals surface area contributed by atoms with E-state index in [1.165, 1.54) is 4.57 Å². The van der Waals surface area contributed by atoms with Gasteiger partial charge in [-0.2, -0.15) is 4.98 Å². The summed E-state index contributed by atoms with van der Waals surface area (Å²) in [4.78, 5) is 19.1. The number of carboxylic acid groups (broad SMARTS) is 1. The molecule has 10 heteroatoms. The molecule has 0 bridgehead atoms. The second kappa shape index (κ2) is 5.60. The highest BCUT2D eigenvalue weighted by Gasteiger charge is 2.13. The second-order valence-corrected chi connectivity index (χ2v) is 4.96. The molecule has 114 valence electrons. The van der Waals surface area contributed by atoms with Gasteiger partial charge in [0, 0.05) is 13.2 Å². The highest BCUT2D eigenvalue weighted by molar-refractivity contribution is 6.28. The number of hydrogen-bond acceptors (Lipinski definition) is 6. The van der Waals surface area contributed by atoms with E-state index < -0.39 is 5.97 Å². The van der Waals surface area contributed by atoms with Crippen molar-refractivity contribution in [1.29, 1.82) is 0 Å². The lowest BCUT2D eigenvalue weighted by Gasteiger charge is -2.08. The first-order valence-electron chi connectivity index (χ1n) is 6.36. The number of anilines is 1. The van der Waals surface area contributed by atoms with Crippen LogP contribution in [0.5, 0.6) is 0 Å². The Labute approximate surface area is 129 Å². The number of aliphatic carboxylic acids is 1. The van der Waals surface area contributed by atoms with Gasteiger partial charge in [-0.15, -0.1) is 5.10 Å². The van der Waals surface area contributed by atoms with E-state index >= 15 is 0 Å². The Morgan fingerprint density at radius 1 is 1.45 bits per heavy atom. The maximum absolute atomic E-state index is 10.9. The Morgan fingerprint density at radius 3 is 2.95 bits per heavy atom. The van der Waals surface area contributed by atoms with Crippen molar-refractivity contribution in [2.24, 2.45) is 7.05 Å². The van der Waals surface area contributed by atoms with Gasteiger partial charge in [-0.25, -0.2) is 4.98 Å². The van der Waals surface area contributed by atoms with E-state index in [9.17, 15) is 4.79 Å². The van der Waals surface area contributed by atoms with Crippen molar-refractivity contribution in [2.45, 2.75) is 13.1 Å². The van der Waals surface area contributed by atoms with Gasteiger partial charge in [0.2, 0.25) is 5.28 Å². The molecule has 0 unspecified atom stereocenters. The largest absolute Gasteiger partial charge is 0.480 e. The maximum Gasteiger partial charge on any atom is 0.323 e. The molecule has 0 aliphatic heterocycles. The van der Waals surface area contributed by atoms with Crippen LogP contribution in [0.2, 0.25) is 5.28 Å². The summed E-state index contributed by atoms with van der Waals surface area (Å²) in [6.07, 6.45) is 3.28. The summed E-state index contributed by atoms with van der Waals surface area (Å²) in [5, 5.41) is 20.4. The standard InChI is InChI=1S/C12H12ClN7O2/c1-19-7(5-15-18-19)4-14-10-8-2-3-20(6-9(21)22)11(8)17-12(13)16-10/h2-3,5H,4,6H2,1H3,(H,21,22)(H,14,16,17). The lowest BCUT2D eigenvalue weighted by molar-refractivity contribution is -0.137. The summed E-state index contributed by atoms with van der Waals surface area (Å²) >= 11 is 5.93. The van der Waals surface area contributed by atoms with Gasteiger partial charge in [-0.1, -0.05) is 5.21 Å². The summed E-state index contributed by atoms with van der Waals surface area (Å²) in [6.45, 7) is 0.262. The van der Waals surface area contributed by atoms with E-state index in [0.717, 1.165) is 5.69 Å². The Bertz CT molecular complexity index is 841. The molecule has 0 saturated carbocycles. The van der Waals surface area contributed by atoms with Gasteiger partial charge in [0.1, 0.15) is 18.0 Å². The Kier molecular flexibility index (Phi) is 3.63. The van der Waals surface area contributed by atoms with Gasteiger partial charge in [0.25, 0.3) is 0 Å². The first kappa shape index (κ1) is 14.3. The summed E-state index contributed by atoms with van der Waals surface area (Å²) in [6, 6.07) is 1.75. The van der Waals surface area contributed by atoms with Crippen LogP contribution in [0.3, 0.4) is 0 Å². The maximum atomic E-state index is 10.9. The molecule has 3 rings (SSSR count). The van der Waals surface area contributed by atoms with Gasteiger partial charge in [-0.3, -0.25) is 9.48 Å². The van der Waals surface area contributed by atoms with Crippen LogP contribution in [0, 0.1) is 0 Å². The third-order valence-electron chi connectivity index (χ3n) is 3.14. The topological polar surface area (TPSA) is 111 Å². The number of fused-ring (bicyclic) bond motifs is 1. The molecule has 22 heavy (non-hydrogen) atoms. The molecule has 3 aromatic heterocycles. The molecule has 0 saturated heterocycles. The van der Waals surface area contributed by atoms with Crippen molar-refractivity contribution < 1.29 is 9.90 Å². The quantitative estimate of drug-likeness (QED) is 0.672. The smallest absolute Gasteiger partial charge is 0.323 e. The Balaban J connectivity index is 1.93. The zero-order valence-corrected chi connectivity index (χ0v) is 12.3. The van der Waals surface area contributed by atoms with Gasteiger partial charge in [0.15, 0.2) is 0 Å². The Hall–Kier alpha value is -2.68. The number of carbonyl (C=O) groups is 1. The third-order valence-corrected chi connectivity index (χ3v) is 3.31. The fourth-order valence-corrected chi connectivity index (χ4v) is 2.26. The van der Waals surface area contributed by atoms with Crippen molar-refractivity contribution in [2.75, 3.05) is 5.32 Å². The normalized spacial score (nSPS) is 11.0. The average Bonchev–Trinajstić information content (AvgIpc) is 3.03. The molecule has 2 N–H and O–H groups in total. The van der Waals surface area contributed by atoms with E-state index in [-0.39, 0.29) is 11.8 Å². The molecule has 3 heterocycles. The van der Waals surface area contributed by atoms with E-state index in [2.05, 4.69) is 25.6 Å². The number of aromatic nitrogens is 6. The SMILES string of the molecule is Cn1nncc1CNc1nc(Cl)nc2c1ccn2CC(=O)O. The lowest BCUT2D eigenvalue weighted by Crippen LogP contribution is -2.10. The molecule has 0 aliphatic carbocycles. The van der Waals surface area contributed by atoms with Crippen molar-refractivity contribution in [3.63, 3.8) is 0 Å². The monoisotopic (exact) mass is 321 g/mol. The number of nitrogens with zero attached hydrogens (tertiary/aromatic N) is 6. The molecule has 0 aliphatic rings. The molecule has 0 radical (unpaired) electrons. The van der Waals surface area contributed by atoms with Crippen molar-refractivity contribution in [3.05, 3.63) is 29.4 Å². The summed E-state index contributed by atoms with van der Waals surface area (Å²) in [5.74, 6) is -0.428. The molecule has 0 fully saturated rings. The van der Waals surface area contributed by atoms with Crippen molar-refractivity contribution >= 4 is 34.4 Å². The minimum Gasteiger partial charge on any atom is -0.480 e. The lowest BCUT2D eigenvalue weighted by atomic mass is 10.3. The number of aryl methyl sites for hydroxylation is 1. The fraction of sp³-hybridized carbons (Fsp3) is 0.250. The molecular formula is C12H12ClN7O2. The van der Waals surface area contributed by atoms with Crippen molar-refractivity contribution in [3.8, 4) is 0 Å². The first-order valence-corrected chi connectivity index (χ1v) is 6.74. The van der Waals surface area contributed by atoms with E-state index in [1.807, 2.05) is 0 Å². The zero-order chi connectivity index (χ0) is 15.7. The van der Waals surface area contributed by atoms with Crippen molar-refractivity contribution in [1.82, 2.24) is 29.5 Å². The number of halogens is 1. The predicted octanol–water partition coefficient (Wildman–Crippen LogP) is 0.910. The highest BCUT2D eigenvalue weighted by Crippen LogP contribution is 2.23. The highest BCUT2D eigenvalue weighted by atomic mass is 35.5. The van der Waals surface area contributed by atoms with E-state index in [0.29, 0.717) is 23.4 Å². The number of nitrogens with one attached hydrogen (secondary N) is 1. The van der Waals surface area contributed by atoms with Crippen LogP contribution in [0.4, 0.5) is 5.82 Å². The molecule has 9 nitrogen and oxygen atoms in total. The molecule has 3 aromatic rings. The van der Waals surface area contributed by atoms with Crippen LogP contribution in [0.15, 0.2) is 18.5 Å². The molecule has 0 aromatic carbocycles. The van der Waals surface area contributed by atoms with Crippen LogP contribution >= 0.6 is 11.6 Å². The van der Waals surface area contributed by atoms with Gasteiger partial charge in [0.05, 0.1) is 23.8 Å². The van der Waals surface area contributed by atoms with Gasteiger partial charge >= 0.3 is 5.97 Å². The summed E-state index contributed by atoms with van der Waals surface area (Å²) < 4.78 is 3.14. The molecule has 0 atom stereocenters. The summed E-state index contributed by atoms with van der Waals surface area (Å²) in [7, 11) is 1.79. The number of carboxylic acids is 1. The molecule has 0 spiro atoms. The minimum atomic E-state index is -0.956. The van der Waals surface area contributed by atoms with Gasteiger partial charge in [-0.05, 0) is 17.7 Å². The number of hydrogen-bond donors (Lipinski definition) is 2. The first-order chi connectivity index (χ1) is 10.5. The van der Waals surface area contributed by atoms with E-state index in [4.69, 9.17) is 16.7 Å². The minimum absolute atomic E-state index is 0.0449. The Morgan fingerprint density at radius 2 is 2.27 bits per heavy atom. The molecular weight excluding hydrogens is 310 g/mol. The van der Waals surface area contributed by atoms with E-state index in [1.54, 1.807) is 30.2 Å². The molecule has 0 amide bonds. The predicted molar refractivity (Wildman–Crippen MR) is 78.5 cm³/mol. The fourth-order valence-electron chi connectivity index (χ4n) is 2.09. The van der Waals surface area contributed by atoms with Crippen LogP contribution in [-0.4, -0.2) is 40.6 Å².